The van der Waals surface area contributed by atoms with Crippen molar-refractivity contribution in [2.45, 2.75) is 13.8 Å². The van der Waals surface area contributed by atoms with Crippen LogP contribution in [0.5, 0.6) is 0 Å². The number of ether oxygens (including phenoxy) is 1. The van der Waals surface area contributed by atoms with Gasteiger partial charge in [-0.3, -0.25) is 4.79 Å². The molecule has 5 heteroatoms. The third-order valence-electron chi connectivity index (χ3n) is 1.53. The predicted octanol–water partition coefficient (Wildman–Crippen LogP) is 2.25. The van der Waals surface area contributed by atoms with Gasteiger partial charge >= 0.3 is 5.97 Å². The normalized spacial score (nSPS) is 8.80. The molecular weight excluding hydrogens is 218 g/mol. The number of carbonyl (C=O) groups excluding carboxylic acids is 2. The van der Waals surface area contributed by atoms with Crippen LogP contribution in [0.4, 0.5) is 0 Å². The van der Waals surface area contributed by atoms with Gasteiger partial charge in [-0.1, -0.05) is 13.8 Å². The zero-order valence-corrected chi connectivity index (χ0v) is 9.72. The Morgan fingerprint density at radius 2 is 2.07 bits per heavy atom. The van der Waals surface area contributed by atoms with Crippen LogP contribution in [0.3, 0.4) is 0 Å². The molecule has 1 aromatic heterocycles. The van der Waals surface area contributed by atoms with Crippen LogP contribution in [-0.2, 0) is 4.74 Å². The SMILES string of the molecule is CC.COC(=O)c1cc(C(=O)CCl)c[nH]1. The molecule has 84 valence electrons. The van der Waals surface area contributed by atoms with E-state index in [9.17, 15) is 9.59 Å². The molecule has 0 aromatic carbocycles. The Kier molecular flexibility index (Phi) is 6.45. The van der Waals surface area contributed by atoms with Crippen LogP contribution in [-0.4, -0.2) is 29.7 Å². The third-order valence-corrected chi connectivity index (χ3v) is 1.77. The quantitative estimate of drug-likeness (QED) is 0.493. The lowest BCUT2D eigenvalue weighted by Gasteiger charge is -1.92. The number of nitrogens with one attached hydrogen (secondary N) is 1. The molecule has 15 heavy (non-hydrogen) atoms. The minimum absolute atomic E-state index is 0.0987. The molecule has 1 aromatic rings. The number of hydrogen-bond donors (Lipinski definition) is 1. The molecule has 0 saturated carbocycles. The first-order valence-electron chi connectivity index (χ1n) is 4.55. The van der Waals surface area contributed by atoms with Crippen molar-refractivity contribution in [3.05, 3.63) is 23.5 Å². The zero-order chi connectivity index (χ0) is 11.8. The number of halogens is 1. The van der Waals surface area contributed by atoms with Crippen LogP contribution in [0.2, 0.25) is 0 Å². The minimum atomic E-state index is -0.506. The Bertz CT molecular complexity index is 303. The molecule has 1 rings (SSSR count). The van der Waals surface area contributed by atoms with Gasteiger partial charge in [-0.05, 0) is 6.07 Å². The maximum absolute atomic E-state index is 11.0. The van der Waals surface area contributed by atoms with Crippen molar-refractivity contribution in [3.63, 3.8) is 0 Å². The zero-order valence-electron chi connectivity index (χ0n) is 8.96. The van der Waals surface area contributed by atoms with Crippen LogP contribution >= 0.6 is 11.6 Å². The Morgan fingerprint density at radius 3 is 2.53 bits per heavy atom. The van der Waals surface area contributed by atoms with Crippen molar-refractivity contribution >= 4 is 23.4 Å². The van der Waals surface area contributed by atoms with Crippen LogP contribution < -0.4 is 0 Å². The molecule has 4 nitrogen and oxygen atoms in total. The first-order valence-corrected chi connectivity index (χ1v) is 5.08. The summed E-state index contributed by atoms with van der Waals surface area (Å²) in [5.41, 5.74) is 0.631. The summed E-state index contributed by atoms with van der Waals surface area (Å²) in [5.74, 6) is -0.833. The fourth-order valence-corrected chi connectivity index (χ4v) is 1.01. The molecule has 1 N–H and O–H groups in total. The second kappa shape index (κ2) is 7.06. The molecule has 0 unspecified atom stereocenters. The molecule has 0 amide bonds. The molecule has 0 aliphatic heterocycles. The van der Waals surface area contributed by atoms with E-state index in [0.717, 1.165) is 0 Å². The highest BCUT2D eigenvalue weighted by molar-refractivity contribution is 6.30. The number of methoxy groups -OCH3 is 1. The van der Waals surface area contributed by atoms with E-state index in [4.69, 9.17) is 11.6 Å². The lowest BCUT2D eigenvalue weighted by molar-refractivity contribution is 0.0595. The summed E-state index contributed by atoms with van der Waals surface area (Å²) in [6.45, 7) is 4.00. The van der Waals surface area contributed by atoms with E-state index in [2.05, 4.69) is 9.72 Å². The number of hydrogen-bond acceptors (Lipinski definition) is 3. The van der Waals surface area contributed by atoms with Gasteiger partial charge < -0.3 is 9.72 Å². The second-order valence-electron chi connectivity index (χ2n) is 2.35. The van der Waals surface area contributed by atoms with E-state index in [1.54, 1.807) is 0 Å². The van der Waals surface area contributed by atoms with Crippen molar-refractivity contribution in [3.8, 4) is 0 Å². The lowest BCUT2D eigenvalue weighted by atomic mass is 10.2. The fraction of sp³-hybridized carbons (Fsp3) is 0.400. The molecule has 0 aliphatic rings. The van der Waals surface area contributed by atoms with Gasteiger partial charge in [0.2, 0.25) is 0 Å². The molecule has 0 atom stereocenters. The maximum atomic E-state index is 11.0. The number of rotatable bonds is 3. The summed E-state index contributed by atoms with van der Waals surface area (Å²) < 4.78 is 4.45. The predicted molar refractivity (Wildman–Crippen MR) is 58.5 cm³/mol. The van der Waals surface area contributed by atoms with Crippen molar-refractivity contribution in [2.75, 3.05) is 13.0 Å². The highest BCUT2D eigenvalue weighted by Crippen LogP contribution is 2.06. The van der Waals surface area contributed by atoms with Crippen molar-refractivity contribution in [1.29, 1.82) is 0 Å². The number of esters is 1. The van der Waals surface area contributed by atoms with Gasteiger partial charge in [0.1, 0.15) is 5.69 Å². The van der Waals surface area contributed by atoms with Gasteiger partial charge in [-0.2, -0.15) is 0 Å². The average Bonchev–Trinajstić information content (AvgIpc) is 2.79. The topological polar surface area (TPSA) is 59.2 Å². The van der Waals surface area contributed by atoms with Gasteiger partial charge in [0.15, 0.2) is 5.78 Å². The second-order valence-corrected chi connectivity index (χ2v) is 2.62. The van der Waals surface area contributed by atoms with Gasteiger partial charge in [0.25, 0.3) is 0 Å². The molecule has 0 saturated heterocycles. The Balaban J connectivity index is 0.000000921. The molecule has 0 radical (unpaired) electrons. The summed E-state index contributed by atoms with van der Waals surface area (Å²) in [4.78, 5) is 24.6. The van der Waals surface area contributed by atoms with E-state index in [1.165, 1.54) is 19.4 Å². The van der Waals surface area contributed by atoms with E-state index in [-0.39, 0.29) is 17.4 Å². The number of H-pyrrole nitrogens is 1. The van der Waals surface area contributed by atoms with Crippen LogP contribution in [0.25, 0.3) is 0 Å². The van der Waals surface area contributed by atoms with E-state index in [0.29, 0.717) is 5.56 Å². The molecule has 0 bridgehead atoms. The highest BCUT2D eigenvalue weighted by atomic mass is 35.5. The third kappa shape index (κ3) is 3.75. The Hall–Kier alpha value is -1.29. The number of ketones is 1. The Morgan fingerprint density at radius 1 is 1.47 bits per heavy atom. The number of carbonyl (C=O) groups is 2. The minimum Gasteiger partial charge on any atom is -0.464 e. The van der Waals surface area contributed by atoms with Gasteiger partial charge in [0.05, 0.1) is 13.0 Å². The average molecular weight is 232 g/mol. The van der Waals surface area contributed by atoms with Crippen LogP contribution in [0.1, 0.15) is 34.7 Å². The molecule has 0 fully saturated rings. The first-order chi connectivity index (χ1) is 7.19. The summed E-state index contributed by atoms with van der Waals surface area (Å²) in [5, 5.41) is 0. The number of alkyl halides is 1. The largest absolute Gasteiger partial charge is 0.464 e. The van der Waals surface area contributed by atoms with Crippen LogP contribution in [0.15, 0.2) is 12.3 Å². The van der Waals surface area contributed by atoms with E-state index >= 15 is 0 Å². The number of aromatic nitrogens is 1. The molecule has 1 heterocycles. The van der Waals surface area contributed by atoms with Crippen LogP contribution in [0, 0.1) is 0 Å². The van der Waals surface area contributed by atoms with Gasteiger partial charge in [-0.25, -0.2) is 4.79 Å². The smallest absolute Gasteiger partial charge is 0.354 e. The standard InChI is InChI=1S/C8H8ClNO3.C2H6/c1-13-8(12)6-2-5(4-10-6)7(11)3-9;1-2/h2,4,10H,3H2,1H3;1-2H3. The number of Topliss-reactive ketones (excluding diaryl/α,β-unsaturated/α-hetero) is 1. The van der Waals surface area contributed by atoms with E-state index in [1.807, 2.05) is 13.8 Å². The van der Waals surface area contributed by atoms with E-state index < -0.39 is 5.97 Å². The first kappa shape index (κ1) is 13.7. The number of aromatic amines is 1. The molecule has 0 spiro atoms. The molecular formula is C10H14ClNO3. The molecule has 0 aliphatic carbocycles. The van der Waals surface area contributed by atoms with Crippen molar-refractivity contribution < 1.29 is 14.3 Å². The Labute approximate surface area is 93.6 Å². The van der Waals surface area contributed by atoms with Gasteiger partial charge in [-0.15, -0.1) is 11.6 Å². The fourth-order valence-electron chi connectivity index (χ4n) is 0.860. The summed E-state index contributed by atoms with van der Waals surface area (Å²) in [6, 6.07) is 1.41. The summed E-state index contributed by atoms with van der Waals surface area (Å²) in [6.07, 6.45) is 1.43. The highest BCUT2D eigenvalue weighted by Gasteiger charge is 2.11. The summed E-state index contributed by atoms with van der Waals surface area (Å²) >= 11 is 5.33. The summed E-state index contributed by atoms with van der Waals surface area (Å²) in [7, 11) is 1.27. The maximum Gasteiger partial charge on any atom is 0.354 e. The van der Waals surface area contributed by atoms with Crippen molar-refractivity contribution in [2.24, 2.45) is 0 Å². The lowest BCUT2D eigenvalue weighted by Crippen LogP contribution is -2.01. The van der Waals surface area contributed by atoms with Gasteiger partial charge in [0, 0.05) is 11.8 Å². The van der Waals surface area contributed by atoms with Crippen molar-refractivity contribution in [1.82, 2.24) is 4.98 Å². The monoisotopic (exact) mass is 231 g/mol.